The molecule has 1 aliphatic heterocycles. The highest BCUT2D eigenvalue weighted by Crippen LogP contribution is 2.28. The van der Waals surface area contributed by atoms with Gasteiger partial charge < -0.3 is 5.32 Å². The third kappa shape index (κ3) is 2.25. The fourth-order valence-corrected chi connectivity index (χ4v) is 2.40. The predicted octanol–water partition coefficient (Wildman–Crippen LogP) is 1.93. The van der Waals surface area contributed by atoms with Crippen LogP contribution in [0.5, 0.6) is 0 Å². The summed E-state index contributed by atoms with van der Waals surface area (Å²) >= 11 is 0. The first-order chi connectivity index (χ1) is 9.52. The number of aryl methyl sites for hydroxylation is 1. The van der Waals surface area contributed by atoms with Crippen molar-refractivity contribution in [1.29, 1.82) is 5.26 Å². The summed E-state index contributed by atoms with van der Waals surface area (Å²) in [6, 6.07) is 8.97. The summed E-state index contributed by atoms with van der Waals surface area (Å²) in [7, 11) is 0. The number of imide groups is 1. The standard InChI is InChI=1S/C15H17N3O2/c1-3-4-11-5-7-12(8-6-11)15(2)13(19)18(10-9-16)14(20)17-15/h5-8H,3-4,10H2,1-2H3,(H,17,20). The lowest BCUT2D eigenvalue weighted by Crippen LogP contribution is -2.40. The number of rotatable bonds is 4. The second-order valence-electron chi connectivity index (χ2n) is 5.05. The van der Waals surface area contributed by atoms with E-state index in [1.54, 1.807) is 6.92 Å². The number of hydrogen-bond acceptors (Lipinski definition) is 3. The smallest absolute Gasteiger partial charge is 0.319 e. The van der Waals surface area contributed by atoms with E-state index in [-0.39, 0.29) is 12.5 Å². The highest BCUT2D eigenvalue weighted by atomic mass is 16.2. The van der Waals surface area contributed by atoms with E-state index in [9.17, 15) is 9.59 Å². The molecule has 1 heterocycles. The summed E-state index contributed by atoms with van der Waals surface area (Å²) < 4.78 is 0. The Morgan fingerprint density at radius 3 is 2.50 bits per heavy atom. The van der Waals surface area contributed by atoms with E-state index in [0.29, 0.717) is 0 Å². The van der Waals surface area contributed by atoms with Crippen LogP contribution in [0.3, 0.4) is 0 Å². The quantitative estimate of drug-likeness (QED) is 0.671. The van der Waals surface area contributed by atoms with Crippen molar-refractivity contribution in [3.63, 3.8) is 0 Å². The summed E-state index contributed by atoms with van der Waals surface area (Å²) in [6.07, 6.45) is 2.04. The van der Waals surface area contributed by atoms with E-state index in [1.165, 1.54) is 5.56 Å². The van der Waals surface area contributed by atoms with E-state index in [4.69, 9.17) is 5.26 Å². The van der Waals surface area contributed by atoms with Crippen molar-refractivity contribution >= 4 is 11.9 Å². The Balaban J connectivity index is 2.29. The average Bonchev–Trinajstić information content (AvgIpc) is 2.65. The third-order valence-corrected chi connectivity index (χ3v) is 3.57. The molecule has 1 N–H and O–H groups in total. The molecule has 2 rings (SSSR count). The van der Waals surface area contributed by atoms with E-state index in [2.05, 4.69) is 12.2 Å². The Labute approximate surface area is 118 Å². The van der Waals surface area contributed by atoms with Crippen molar-refractivity contribution in [3.05, 3.63) is 35.4 Å². The molecule has 1 unspecified atom stereocenters. The molecular weight excluding hydrogens is 254 g/mol. The highest BCUT2D eigenvalue weighted by Gasteiger charge is 2.48. The first-order valence-electron chi connectivity index (χ1n) is 6.63. The molecule has 1 saturated heterocycles. The highest BCUT2D eigenvalue weighted by molar-refractivity contribution is 6.07. The van der Waals surface area contributed by atoms with Crippen molar-refractivity contribution in [2.24, 2.45) is 0 Å². The summed E-state index contributed by atoms with van der Waals surface area (Å²) in [4.78, 5) is 25.1. The van der Waals surface area contributed by atoms with Gasteiger partial charge in [0, 0.05) is 0 Å². The Morgan fingerprint density at radius 2 is 1.95 bits per heavy atom. The Morgan fingerprint density at radius 1 is 1.30 bits per heavy atom. The van der Waals surface area contributed by atoms with Crippen molar-refractivity contribution in [2.45, 2.75) is 32.2 Å². The fraction of sp³-hybridized carbons (Fsp3) is 0.400. The molecule has 1 fully saturated rings. The zero-order valence-electron chi connectivity index (χ0n) is 11.6. The monoisotopic (exact) mass is 271 g/mol. The van der Waals surface area contributed by atoms with Gasteiger partial charge in [0.1, 0.15) is 12.1 Å². The SMILES string of the molecule is CCCc1ccc(C2(C)NC(=O)N(CC#N)C2=O)cc1. The van der Waals surface area contributed by atoms with Gasteiger partial charge in [-0.3, -0.25) is 4.79 Å². The fourth-order valence-electron chi connectivity index (χ4n) is 2.40. The molecule has 0 radical (unpaired) electrons. The predicted molar refractivity (Wildman–Crippen MR) is 73.6 cm³/mol. The van der Waals surface area contributed by atoms with E-state index < -0.39 is 11.6 Å². The molecule has 3 amide bonds. The number of nitrogens with zero attached hydrogens (tertiary/aromatic N) is 2. The van der Waals surface area contributed by atoms with Gasteiger partial charge in [0.2, 0.25) is 0 Å². The van der Waals surface area contributed by atoms with Gasteiger partial charge in [0.15, 0.2) is 0 Å². The normalized spacial score (nSPS) is 21.8. The summed E-state index contributed by atoms with van der Waals surface area (Å²) in [5.41, 5.74) is 0.847. The molecule has 0 saturated carbocycles. The topological polar surface area (TPSA) is 73.2 Å². The van der Waals surface area contributed by atoms with Gasteiger partial charge in [-0.15, -0.1) is 0 Å². The van der Waals surface area contributed by atoms with Gasteiger partial charge in [0.25, 0.3) is 5.91 Å². The number of nitrogens with one attached hydrogen (secondary N) is 1. The van der Waals surface area contributed by atoms with Gasteiger partial charge in [0.05, 0.1) is 6.07 Å². The number of amides is 3. The maximum absolute atomic E-state index is 12.3. The summed E-state index contributed by atoms with van der Waals surface area (Å²) in [6.45, 7) is 3.54. The van der Waals surface area contributed by atoms with Crippen LogP contribution < -0.4 is 5.32 Å². The molecule has 5 nitrogen and oxygen atoms in total. The van der Waals surface area contributed by atoms with Crippen LogP contribution in [-0.4, -0.2) is 23.4 Å². The van der Waals surface area contributed by atoms with E-state index in [0.717, 1.165) is 23.3 Å². The minimum Gasteiger partial charge on any atom is -0.319 e. The number of hydrogen-bond donors (Lipinski definition) is 1. The molecule has 5 heteroatoms. The molecule has 20 heavy (non-hydrogen) atoms. The van der Waals surface area contributed by atoms with Crippen LogP contribution in [0.25, 0.3) is 0 Å². The lowest BCUT2D eigenvalue weighted by Gasteiger charge is -2.22. The van der Waals surface area contributed by atoms with Crippen molar-refractivity contribution in [2.75, 3.05) is 6.54 Å². The van der Waals surface area contributed by atoms with Crippen LogP contribution in [0, 0.1) is 11.3 Å². The number of carbonyl (C=O) groups excluding carboxylic acids is 2. The lowest BCUT2D eigenvalue weighted by atomic mass is 9.91. The largest absolute Gasteiger partial charge is 0.326 e. The number of benzene rings is 1. The molecule has 1 aromatic carbocycles. The van der Waals surface area contributed by atoms with E-state index in [1.807, 2.05) is 30.3 Å². The molecule has 0 spiro atoms. The van der Waals surface area contributed by atoms with Crippen molar-refractivity contribution < 1.29 is 9.59 Å². The number of carbonyl (C=O) groups is 2. The molecular formula is C15H17N3O2. The van der Waals surface area contributed by atoms with Crippen LogP contribution in [-0.2, 0) is 16.8 Å². The minimum atomic E-state index is -1.08. The molecule has 1 aromatic rings. The number of urea groups is 1. The molecule has 0 bridgehead atoms. The Kier molecular flexibility index (Phi) is 3.75. The van der Waals surface area contributed by atoms with Crippen molar-refractivity contribution in [1.82, 2.24) is 10.2 Å². The molecule has 104 valence electrons. The Bertz CT molecular complexity index is 574. The second-order valence-corrected chi connectivity index (χ2v) is 5.05. The van der Waals surface area contributed by atoms with Crippen molar-refractivity contribution in [3.8, 4) is 6.07 Å². The average molecular weight is 271 g/mol. The zero-order chi connectivity index (χ0) is 14.8. The first kappa shape index (κ1) is 14.1. The van der Waals surface area contributed by atoms with Gasteiger partial charge in [-0.25, -0.2) is 9.69 Å². The summed E-state index contributed by atoms with van der Waals surface area (Å²) in [5, 5.41) is 11.3. The van der Waals surface area contributed by atoms with Gasteiger partial charge in [-0.2, -0.15) is 5.26 Å². The maximum Gasteiger partial charge on any atom is 0.326 e. The molecule has 1 atom stereocenters. The van der Waals surface area contributed by atoms with E-state index >= 15 is 0 Å². The van der Waals surface area contributed by atoms with Crippen LogP contribution in [0.4, 0.5) is 4.79 Å². The van der Waals surface area contributed by atoms with Crippen LogP contribution in [0.2, 0.25) is 0 Å². The number of nitriles is 1. The van der Waals surface area contributed by atoms with Gasteiger partial charge >= 0.3 is 6.03 Å². The zero-order valence-corrected chi connectivity index (χ0v) is 11.6. The Hall–Kier alpha value is -2.35. The first-order valence-corrected chi connectivity index (χ1v) is 6.63. The van der Waals surface area contributed by atoms with Crippen LogP contribution in [0.15, 0.2) is 24.3 Å². The van der Waals surface area contributed by atoms with Crippen LogP contribution in [0.1, 0.15) is 31.4 Å². The van der Waals surface area contributed by atoms with Gasteiger partial charge in [-0.05, 0) is 24.5 Å². The lowest BCUT2D eigenvalue weighted by molar-refractivity contribution is -0.130. The molecule has 0 aromatic heterocycles. The molecule has 0 aliphatic carbocycles. The summed E-state index contributed by atoms with van der Waals surface area (Å²) in [5.74, 6) is -0.382. The molecule has 1 aliphatic rings. The van der Waals surface area contributed by atoms with Crippen LogP contribution >= 0.6 is 0 Å². The minimum absolute atomic E-state index is 0.228. The third-order valence-electron chi connectivity index (χ3n) is 3.57. The maximum atomic E-state index is 12.3. The van der Waals surface area contributed by atoms with Gasteiger partial charge in [-0.1, -0.05) is 37.6 Å². The second kappa shape index (κ2) is 5.33.